The molecule has 0 saturated carbocycles. The largest absolute Gasteiger partial charge is 0.332 e. The van der Waals surface area contributed by atoms with Gasteiger partial charge in [-0.3, -0.25) is 4.79 Å². The Morgan fingerprint density at radius 3 is 2.75 bits per heavy atom. The molecule has 0 fully saturated rings. The fourth-order valence-corrected chi connectivity index (χ4v) is 0.414. The molecule has 0 bridgehead atoms. The highest BCUT2D eigenvalue weighted by Crippen LogP contribution is 1.66. The van der Waals surface area contributed by atoms with Crippen LogP contribution in [-0.4, -0.2) is 16.0 Å². The van der Waals surface area contributed by atoms with E-state index in [0.29, 0.717) is 6.41 Å². The Labute approximate surface area is 44.8 Å². The molecule has 42 valence electrons. The maximum atomic E-state index is 10.3. The third-order valence-corrected chi connectivity index (χ3v) is 0.790. The van der Waals surface area contributed by atoms with E-state index in [9.17, 15) is 9.59 Å². The van der Waals surface area contributed by atoms with Crippen molar-refractivity contribution in [3.05, 3.63) is 22.9 Å². The quantitative estimate of drug-likeness (QED) is 0.484. The normalized spacial score (nSPS) is 9.00. The number of imidazole rings is 1. The highest BCUT2D eigenvalue weighted by Gasteiger charge is 1.87. The summed E-state index contributed by atoms with van der Waals surface area (Å²) < 4.78 is 0.917. The molecule has 1 rings (SSSR count). The number of rotatable bonds is 1. The van der Waals surface area contributed by atoms with Crippen LogP contribution < -0.4 is 5.69 Å². The molecule has 0 atom stereocenters. The van der Waals surface area contributed by atoms with Gasteiger partial charge >= 0.3 is 5.69 Å². The van der Waals surface area contributed by atoms with Gasteiger partial charge in [-0.15, -0.1) is 0 Å². The highest BCUT2D eigenvalue weighted by atomic mass is 16.2. The molecule has 0 saturated heterocycles. The average Bonchev–Trinajstić information content (AvgIpc) is 2.14. The van der Waals surface area contributed by atoms with Crippen molar-refractivity contribution < 1.29 is 4.79 Å². The predicted octanol–water partition coefficient (Wildman–Crippen LogP) is -0.785. The maximum Gasteiger partial charge on any atom is 0.332 e. The van der Waals surface area contributed by atoms with Gasteiger partial charge in [0.1, 0.15) is 0 Å². The second-order valence-electron chi connectivity index (χ2n) is 1.28. The van der Waals surface area contributed by atoms with Gasteiger partial charge < -0.3 is 4.98 Å². The summed E-state index contributed by atoms with van der Waals surface area (Å²) in [7, 11) is 0. The minimum absolute atomic E-state index is 0.403. The third kappa shape index (κ3) is 0.556. The summed E-state index contributed by atoms with van der Waals surface area (Å²) in [6, 6.07) is 0. The number of aromatic amines is 1. The number of hydrogen-bond donors (Lipinski definition) is 1. The van der Waals surface area contributed by atoms with Gasteiger partial charge in [-0.1, -0.05) is 0 Å². The summed E-state index contributed by atoms with van der Waals surface area (Å²) in [6.45, 7) is 0. The predicted molar refractivity (Wildman–Crippen MR) is 27.2 cm³/mol. The summed E-state index contributed by atoms with van der Waals surface area (Å²) in [5.74, 6) is 0. The smallest absolute Gasteiger partial charge is 0.312 e. The summed E-state index contributed by atoms with van der Waals surface area (Å²) in [6.07, 6.45) is 3.20. The van der Waals surface area contributed by atoms with E-state index in [2.05, 4.69) is 4.98 Å². The number of carbonyl (C=O) groups excluding carboxylic acids is 1. The van der Waals surface area contributed by atoms with E-state index in [-0.39, 0.29) is 0 Å². The molecule has 0 aliphatic carbocycles. The minimum Gasteiger partial charge on any atom is -0.312 e. The number of nitrogens with zero attached hydrogens (tertiary/aromatic N) is 1. The molecular formula is C4H4N2O2. The number of carbonyl (C=O) groups is 1. The lowest BCUT2D eigenvalue weighted by Crippen LogP contribution is -2.14. The average molecular weight is 112 g/mol. The van der Waals surface area contributed by atoms with Crippen molar-refractivity contribution in [1.82, 2.24) is 9.55 Å². The van der Waals surface area contributed by atoms with Gasteiger partial charge in [-0.05, 0) is 0 Å². The number of hydrogen-bond acceptors (Lipinski definition) is 2. The fourth-order valence-electron chi connectivity index (χ4n) is 0.414. The third-order valence-electron chi connectivity index (χ3n) is 0.790. The second kappa shape index (κ2) is 1.65. The molecule has 0 radical (unpaired) electrons. The van der Waals surface area contributed by atoms with Crippen LogP contribution in [0.25, 0.3) is 0 Å². The van der Waals surface area contributed by atoms with E-state index in [1.54, 1.807) is 0 Å². The highest BCUT2D eigenvalue weighted by molar-refractivity contribution is 5.50. The molecule has 1 aromatic heterocycles. The maximum absolute atomic E-state index is 10.3. The number of aromatic nitrogens is 2. The molecular weight excluding hydrogens is 108 g/mol. The zero-order valence-electron chi connectivity index (χ0n) is 4.00. The first-order chi connectivity index (χ1) is 3.84. The second-order valence-corrected chi connectivity index (χ2v) is 1.28. The van der Waals surface area contributed by atoms with Crippen LogP contribution in [0.1, 0.15) is 0 Å². The first-order valence-electron chi connectivity index (χ1n) is 2.05. The van der Waals surface area contributed by atoms with Crippen LogP contribution in [0.5, 0.6) is 0 Å². The first kappa shape index (κ1) is 4.83. The Balaban J connectivity index is 3.30. The van der Waals surface area contributed by atoms with Crippen LogP contribution in [0, 0.1) is 0 Å². The molecule has 0 amide bonds. The van der Waals surface area contributed by atoms with Crippen molar-refractivity contribution in [2.75, 3.05) is 0 Å². The van der Waals surface area contributed by atoms with Crippen molar-refractivity contribution in [2.24, 2.45) is 0 Å². The minimum atomic E-state index is -0.403. The van der Waals surface area contributed by atoms with Crippen LogP contribution in [0.4, 0.5) is 0 Å². The summed E-state index contributed by atoms with van der Waals surface area (Å²) in [4.78, 5) is 22.5. The van der Waals surface area contributed by atoms with Crippen molar-refractivity contribution in [3.8, 4) is 0 Å². The molecule has 1 heterocycles. The molecule has 4 heteroatoms. The molecule has 0 spiro atoms. The van der Waals surface area contributed by atoms with Crippen LogP contribution >= 0.6 is 0 Å². The van der Waals surface area contributed by atoms with Gasteiger partial charge in [0.2, 0.25) is 6.41 Å². The molecule has 1 N–H and O–H groups in total. The molecule has 1 aromatic rings. The summed E-state index contributed by atoms with van der Waals surface area (Å²) in [5.41, 5.74) is -0.403. The molecule has 0 unspecified atom stereocenters. The number of nitrogens with one attached hydrogen (secondary N) is 1. The van der Waals surface area contributed by atoms with Gasteiger partial charge in [0, 0.05) is 12.4 Å². The molecule has 0 aliphatic heterocycles. The molecule has 8 heavy (non-hydrogen) atoms. The Morgan fingerprint density at radius 1 is 1.75 bits per heavy atom. The van der Waals surface area contributed by atoms with E-state index in [1.807, 2.05) is 0 Å². The van der Waals surface area contributed by atoms with Gasteiger partial charge in [-0.2, -0.15) is 0 Å². The lowest BCUT2D eigenvalue weighted by atomic mass is 10.9. The SMILES string of the molecule is O=Cn1cc[nH]c1=O. The zero-order chi connectivity index (χ0) is 5.98. The topological polar surface area (TPSA) is 54.9 Å². The Kier molecular flexibility index (Phi) is 0.997. The zero-order valence-corrected chi connectivity index (χ0v) is 4.00. The van der Waals surface area contributed by atoms with Crippen molar-refractivity contribution in [3.63, 3.8) is 0 Å². The van der Waals surface area contributed by atoms with E-state index >= 15 is 0 Å². The van der Waals surface area contributed by atoms with Crippen molar-refractivity contribution in [2.45, 2.75) is 0 Å². The van der Waals surface area contributed by atoms with E-state index < -0.39 is 5.69 Å². The monoisotopic (exact) mass is 112 g/mol. The lowest BCUT2D eigenvalue weighted by molar-refractivity contribution is 0.545. The van der Waals surface area contributed by atoms with Crippen molar-refractivity contribution >= 4 is 6.41 Å². The molecule has 0 aliphatic rings. The Hall–Kier alpha value is -1.32. The van der Waals surface area contributed by atoms with E-state index in [0.717, 1.165) is 4.57 Å². The van der Waals surface area contributed by atoms with Gasteiger partial charge in [-0.25, -0.2) is 9.36 Å². The molecule has 0 aromatic carbocycles. The molecule has 4 nitrogen and oxygen atoms in total. The van der Waals surface area contributed by atoms with Gasteiger partial charge in [0.15, 0.2) is 0 Å². The van der Waals surface area contributed by atoms with Crippen molar-refractivity contribution in [1.29, 1.82) is 0 Å². The standard InChI is InChI=1S/C4H4N2O2/c7-3-6-2-1-5-4(6)8/h1-3H,(H,5,8). The van der Waals surface area contributed by atoms with Gasteiger partial charge in [0.25, 0.3) is 0 Å². The van der Waals surface area contributed by atoms with E-state index in [4.69, 9.17) is 0 Å². The van der Waals surface area contributed by atoms with E-state index in [1.165, 1.54) is 12.4 Å². The summed E-state index contributed by atoms with van der Waals surface area (Å²) >= 11 is 0. The number of H-pyrrole nitrogens is 1. The van der Waals surface area contributed by atoms with Crippen LogP contribution in [-0.2, 0) is 4.79 Å². The Bertz CT molecular complexity index is 234. The Morgan fingerprint density at radius 2 is 2.50 bits per heavy atom. The first-order valence-corrected chi connectivity index (χ1v) is 2.05. The summed E-state index contributed by atoms with van der Waals surface area (Å²) in [5, 5.41) is 0. The fraction of sp³-hybridized carbons (Fsp3) is 0. The lowest BCUT2D eigenvalue weighted by Gasteiger charge is -1.75. The van der Waals surface area contributed by atoms with Crippen LogP contribution in [0.3, 0.4) is 0 Å². The van der Waals surface area contributed by atoms with Crippen LogP contribution in [0.2, 0.25) is 0 Å². The van der Waals surface area contributed by atoms with Crippen LogP contribution in [0.15, 0.2) is 17.2 Å². The van der Waals surface area contributed by atoms with Gasteiger partial charge in [0.05, 0.1) is 0 Å².